The molecule has 0 heterocycles. The van der Waals surface area contributed by atoms with Gasteiger partial charge in [0.25, 0.3) is 0 Å². The summed E-state index contributed by atoms with van der Waals surface area (Å²) in [6, 6.07) is 0. The summed E-state index contributed by atoms with van der Waals surface area (Å²) in [6.07, 6.45) is 0. The Morgan fingerprint density at radius 2 is 1.70 bits per heavy atom. The lowest BCUT2D eigenvalue weighted by atomic mass is 12.1. The molecule has 0 spiro atoms. The van der Waals surface area contributed by atoms with Crippen LogP contribution in [0, 0.1) is 0 Å². The minimum Gasteiger partial charge on any atom is -0.303 e. The molecule has 10 heavy (non-hydrogen) atoms. The maximum absolute atomic E-state index is 4.80. The molecule has 0 aromatic carbocycles. The highest BCUT2D eigenvalue weighted by molar-refractivity contribution is 4.10. The Labute approximate surface area is 56.6 Å². The van der Waals surface area contributed by atoms with Crippen LogP contribution < -0.4 is 44.9 Å². The van der Waals surface area contributed by atoms with Gasteiger partial charge in [-0.15, -0.1) is 5.53 Å². The second-order valence-corrected chi connectivity index (χ2v) is 0.972. The van der Waals surface area contributed by atoms with Gasteiger partial charge in [0.05, 0.1) is 0 Å². The predicted molar refractivity (Wildman–Crippen MR) is 32.0 cm³/mol. The molecule has 0 aromatic rings. The summed E-state index contributed by atoms with van der Waals surface area (Å²) in [5.74, 6) is 9.42. The first-order valence-electron chi connectivity index (χ1n) is 2.22. The first-order valence-corrected chi connectivity index (χ1v) is 2.22. The Morgan fingerprint density at radius 3 is 2.30 bits per heavy atom. The first kappa shape index (κ1) is 8.96. The summed E-state index contributed by atoms with van der Waals surface area (Å²) in [6.45, 7) is 0. The Bertz CT molecular complexity index is 72.1. The van der Waals surface area contributed by atoms with Crippen LogP contribution in [0.3, 0.4) is 0 Å². The SMILES string of the molecule is NN=NNNNNNNN. The monoisotopic (exact) mass is 150 g/mol. The number of nitrogens with one attached hydrogen (secondary N) is 6. The molecule has 60 valence electrons. The minimum atomic E-state index is 2.09. The summed E-state index contributed by atoms with van der Waals surface area (Å²) < 4.78 is 0. The highest BCUT2D eigenvalue weighted by atomic mass is 15.9. The molecule has 0 aromatic heterocycles. The van der Waals surface area contributed by atoms with Crippen molar-refractivity contribution in [3.05, 3.63) is 0 Å². The van der Waals surface area contributed by atoms with E-state index in [0.29, 0.717) is 0 Å². The molecule has 10 nitrogen and oxygen atoms in total. The molecule has 0 aliphatic heterocycles. The zero-order valence-corrected chi connectivity index (χ0v) is 5.05. The molecule has 0 saturated carbocycles. The second kappa shape index (κ2) is 7.96. The van der Waals surface area contributed by atoms with Crippen LogP contribution in [-0.2, 0) is 0 Å². The molecule has 10 N–H and O–H groups in total. The van der Waals surface area contributed by atoms with E-state index in [1.165, 1.54) is 0 Å². The second-order valence-electron chi connectivity index (χ2n) is 0.972. The quantitative estimate of drug-likeness (QED) is 0.0831. The fourth-order valence-corrected chi connectivity index (χ4v) is 0.180. The van der Waals surface area contributed by atoms with Crippen molar-refractivity contribution in [2.75, 3.05) is 0 Å². The minimum absolute atomic E-state index is 2.09. The lowest BCUT2D eigenvalue weighted by molar-refractivity contribution is 0.295. The lowest BCUT2D eigenvalue weighted by Gasteiger charge is -2.05. The number of rotatable bonds is 6. The molecule has 0 aliphatic carbocycles. The van der Waals surface area contributed by atoms with Crippen LogP contribution in [0.4, 0.5) is 0 Å². The molecule has 0 amide bonds. The molecular weight excluding hydrogens is 140 g/mol. The maximum atomic E-state index is 4.80. The van der Waals surface area contributed by atoms with Gasteiger partial charge >= 0.3 is 0 Å². The van der Waals surface area contributed by atoms with Crippen molar-refractivity contribution in [1.82, 2.24) is 33.2 Å². The van der Waals surface area contributed by atoms with Crippen molar-refractivity contribution in [1.29, 1.82) is 0 Å². The molecule has 0 unspecified atom stereocenters. The van der Waals surface area contributed by atoms with Crippen molar-refractivity contribution >= 4 is 0 Å². The van der Waals surface area contributed by atoms with Crippen LogP contribution in [0.5, 0.6) is 0 Å². The van der Waals surface area contributed by atoms with Gasteiger partial charge in [0, 0.05) is 0 Å². The van der Waals surface area contributed by atoms with Crippen LogP contribution in [-0.4, -0.2) is 0 Å². The van der Waals surface area contributed by atoms with E-state index in [9.17, 15) is 0 Å². The van der Waals surface area contributed by atoms with E-state index in [2.05, 4.69) is 49.5 Å². The number of hydrazine groups is 6. The zero-order valence-electron chi connectivity index (χ0n) is 5.05. The van der Waals surface area contributed by atoms with E-state index in [-0.39, 0.29) is 0 Å². The molecule has 0 saturated heterocycles. The Morgan fingerprint density at radius 1 is 1.00 bits per heavy atom. The Hall–Kier alpha value is -1.04. The fraction of sp³-hybridized carbons (Fsp3) is 0. The predicted octanol–water partition coefficient (Wildman–Crippen LogP) is -3.79. The highest BCUT2D eigenvalue weighted by Crippen LogP contribution is 1.45. The van der Waals surface area contributed by atoms with Crippen LogP contribution in [0.15, 0.2) is 10.4 Å². The van der Waals surface area contributed by atoms with E-state index in [1.54, 1.807) is 0 Å². The summed E-state index contributed by atoms with van der Waals surface area (Å²) in [5, 5.41) is 6.01. The van der Waals surface area contributed by atoms with Gasteiger partial charge in [-0.3, -0.25) is 5.84 Å². The van der Waals surface area contributed by atoms with Gasteiger partial charge in [0.2, 0.25) is 0 Å². The summed E-state index contributed by atoms with van der Waals surface area (Å²) in [4.78, 5) is 0. The zero-order chi connectivity index (χ0) is 7.66. The average molecular weight is 150 g/mol. The van der Waals surface area contributed by atoms with Gasteiger partial charge in [0.15, 0.2) is 0 Å². The van der Waals surface area contributed by atoms with Crippen LogP contribution in [0.1, 0.15) is 0 Å². The van der Waals surface area contributed by atoms with Crippen molar-refractivity contribution in [2.24, 2.45) is 22.1 Å². The molecule has 0 radical (unpaired) electrons. The third-order valence-electron chi connectivity index (χ3n) is 0.423. The Balaban J connectivity index is 2.77. The van der Waals surface area contributed by atoms with Gasteiger partial charge in [-0.2, -0.15) is 22.1 Å². The number of nitrogens with zero attached hydrogens (tertiary/aromatic N) is 2. The molecule has 0 bridgehead atoms. The van der Waals surface area contributed by atoms with Gasteiger partial charge < -0.3 is 5.84 Å². The largest absolute Gasteiger partial charge is 0.303 e. The summed E-state index contributed by atoms with van der Waals surface area (Å²) >= 11 is 0. The smallest absolute Gasteiger partial charge is 0.0394 e. The Kier molecular flexibility index (Phi) is 7.13. The van der Waals surface area contributed by atoms with E-state index in [4.69, 9.17) is 5.84 Å². The maximum Gasteiger partial charge on any atom is -0.0394 e. The molecule has 0 aliphatic rings. The third-order valence-corrected chi connectivity index (χ3v) is 0.423. The third kappa shape index (κ3) is 6.96. The molecule has 0 rings (SSSR count). The van der Waals surface area contributed by atoms with E-state index in [1.807, 2.05) is 0 Å². The fourth-order valence-electron chi connectivity index (χ4n) is 0.180. The van der Waals surface area contributed by atoms with Crippen molar-refractivity contribution in [2.45, 2.75) is 0 Å². The van der Waals surface area contributed by atoms with Crippen LogP contribution in [0.25, 0.3) is 0 Å². The van der Waals surface area contributed by atoms with Crippen LogP contribution >= 0.6 is 0 Å². The summed E-state index contributed by atoms with van der Waals surface area (Å²) in [5.41, 5.74) is 13.6. The van der Waals surface area contributed by atoms with Gasteiger partial charge in [-0.25, -0.2) is 5.53 Å². The number of hydrogen-bond donors (Lipinski definition) is 8. The van der Waals surface area contributed by atoms with Crippen LogP contribution in [0.2, 0.25) is 0 Å². The van der Waals surface area contributed by atoms with Crippen molar-refractivity contribution in [3.63, 3.8) is 0 Å². The average Bonchev–Trinajstić information content (AvgIpc) is 1.97. The molecule has 0 fully saturated rings. The van der Waals surface area contributed by atoms with E-state index >= 15 is 0 Å². The standard InChI is InChI=1S/H10N10/c1-3-5-7-9-10-8-6-4-2/h(H5,1,4,5,8,9)(H5,2,3,6,7,10). The van der Waals surface area contributed by atoms with Crippen molar-refractivity contribution < 1.29 is 0 Å². The number of nitrogens with two attached hydrogens (primary N) is 2. The van der Waals surface area contributed by atoms with E-state index in [0.717, 1.165) is 0 Å². The topological polar surface area (TPSA) is 149 Å². The molecule has 0 atom stereocenters. The summed E-state index contributed by atoms with van der Waals surface area (Å²) in [7, 11) is 0. The van der Waals surface area contributed by atoms with Gasteiger partial charge in [-0.05, 0) is 5.22 Å². The normalized spacial score (nSPS) is 10.5. The molecule has 10 heteroatoms. The van der Waals surface area contributed by atoms with Gasteiger partial charge in [-0.1, -0.05) is 5.22 Å². The molecular formula is H10N10. The highest BCUT2D eigenvalue weighted by Gasteiger charge is 1.74. The number of hydrogen-bond acceptors (Lipinski definition) is 8. The van der Waals surface area contributed by atoms with Gasteiger partial charge in [0.1, 0.15) is 0 Å². The van der Waals surface area contributed by atoms with Crippen molar-refractivity contribution in [3.8, 4) is 0 Å². The lowest BCUT2D eigenvalue weighted by Crippen LogP contribution is -2.59. The van der Waals surface area contributed by atoms with E-state index < -0.39 is 0 Å². The first-order chi connectivity index (χ1) is 4.91.